The Balaban J connectivity index is 1.50. The number of hydrogen-bond donors (Lipinski definition) is 1. The topological polar surface area (TPSA) is 113 Å². The zero-order chi connectivity index (χ0) is 21.8. The predicted octanol–water partition coefficient (Wildman–Crippen LogP) is 3.09. The average molecular weight is 417 g/mol. The molecule has 1 N–H and O–H groups in total. The molecular weight excluding hydrogens is 401 g/mol. The second-order valence-electron chi connectivity index (χ2n) is 6.81. The van der Waals surface area contributed by atoms with Crippen molar-refractivity contribution in [2.45, 2.75) is 19.6 Å². The highest BCUT2D eigenvalue weighted by Crippen LogP contribution is 2.26. The van der Waals surface area contributed by atoms with Crippen molar-refractivity contribution in [1.29, 1.82) is 10.5 Å². The largest absolute Gasteiger partial charge is 0.473 e. The van der Waals surface area contributed by atoms with Gasteiger partial charge in [0.1, 0.15) is 35.8 Å². The van der Waals surface area contributed by atoms with Crippen LogP contribution < -0.4 is 20.5 Å². The first-order chi connectivity index (χ1) is 15.1. The molecule has 31 heavy (non-hydrogen) atoms. The first kappa shape index (κ1) is 19.9. The molecular formula is C22H16FN5O3. The Morgan fingerprint density at radius 1 is 1.23 bits per heavy atom. The number of fused-ring (bicyclic) bond motifs is 1. The second kappa shape index (κ2) is 8.56. The summed E-state index contributed by atoms with van der Waals surface area (Å²) in [6.07, 6.45) is 3.97. The molecule has 4 rings (SSSR count). The van der Waals surface area contributed by atoms with Crippen molar-refractivity contribution in [2.75, 3.05) is 11.9 Å². The van der Waals surface area contributed by atoms with Gasteiger partial charge in [0.2, 0.25) is 5.88 Å². The van der Waals surface area contributed by atoms with Crippen LogP contribution in [0.25, 0.3) is 0 Å². The Morgan fingerprint density at radius 2 is 2.10 bits per heavy atom. The number of nitriles is 2. The molecule has 0 amide bonds. The van der Waals surface area contributed by atoms with Crippen molar-refractivity contribution in [2.24, 2.45) is 0 Å². The number of hydrogen-bond acceptors (Lipinski definition) is 7. The SMILES string of the molecule is N#CC1=CC(Oc2ccc(COc3cc4n(c(=O)n3)CCN4)cc2C#N)=CC=C(F)C1. The minimum absolute atomic E-state index is 0.0972. The summed E-state index contributed by atoms with van der Waals surface area (Å²) in [6, 6.07) is 10.5. The first-order valence-corrected chi connectivity index (χ1v) is 9.42. The van der Waals surface area contributed by atoms with Gasteiger partial charge in [-0.25, -0.2) is 9.18 Å². The predicted molar refractivity (Wildman–Crippen MR) is 109 cm³/mol. The molecule has 9 heteroatoms. The number of nitrogens with zero attached hydrogens (tertiary/aromatic N) is 4. The smallest absolute Gasteiger partial charge is 0.352 e. The minimum atomic E-state index is -0.450. The minimum Gasteiger partial charge on any atom is -0.473 e. The van der Waals surface area contributed by atoms with Crippen LogP contribution in [0.4, 0.5) is 10.2 Å². The lowest BCUT2D eigenvalue weighted by Gasteiger charge is -2.11. The van der Waals surface area contributed by atoms with Crippen LogP contribution in [0.2, 0.25) is 0 Å². The van der Waals surface area contributed by atoms with E-state index in [0.717, 1.165) is 0 Å². The van der Waals surface area contributed by atoms with Gasteiger partial charge >= 0.3 is 5.69 Å². The van der Waals surface area contributed by atoms with E-state index in [1.165, 1.54) is 22.8 Å². The lowest BCUT2D eigenvalue weighted by Crippen LogP contribution is -2.21. The average Bonchev–Trinajstić information content (AvgIpc) is 3.17. The fourth-order valence-corrected chi connectivity index (χ4v) is 3.16. The molecule has 0 bridgehead atoms. The van der Waals surface area contributed by atoms with Crippen LogP contribution in [0.5, 0.6) is 11.6 Å². The summed E-state index contributed by atoms with van der Waals surface area (Å²) in [5, 5.41) is 21.7. The van der Waals surface area contributed by atoms with Crippen molar-refractivity contribution in [1.82, 2.24) is 9.55 Å². The third kappa shape index (κ3) is 4.46. The summed E-state index contributed by atoms with van der Waals surface area (Å²) in [4.78, 5) is 15.9. The molecule has 0 saturated heterocycles. The van der Waals surface area contributed by atoms with Gasteiger partial charge in [0, 0.05) is 31.1 Å². The summed E-state index contributed by atoms with van der Waals surface area (Å²) in [7, 11) is 0. The number of nitrogens with one attached hydrogen (secondary N) is 1. The zero-order valence-electron chi connectivity index (χ0n) is 16.3. The third-order valence-corrected chi connectivity index (χ3v) is 4.66. The third-order valence-electron chi connectivity index (χ3n) is 4.66. The highest BCUT2D eigenvalue weighted by molar-refractivity contribution is 5.48. The summed E-state index contributed by atoms with van der Waals surface area (Å²) in [5.41, 5.74) is 0.749. The van der Waals surface area contributed by atoms with Crippen molar-refractivity contribution in [3.8, 4) is 23.8 Å². The van der Waals surface area contributed by atoms with Gasteiger partial charge < -0.3 is 14.8 Å². The standard InChI is InChI=1S/C22H16FN5O3/c23-17-2-3-18(9-15(8-17)11-24)31-19-4-1-14(7-16(19)12-25)13-30-21-10-20-26-5-6-28(20)22(29)27-21/h1-4,7,9-10,26H,5-6,8,13H2. The van der Waals surface area contributed by atoms with E-state index in [2.05, 4.69) is 16.4 Å². The van der Waals surface area contributed by atoms with E-state index in [1.807, 2.05) is 6.07 Å². The molecule has 0 unspecified atom stereocenters. The van der Waals surface area contributed by atoms with Crippen LogP contribution in [0.3, 0.4) is 0 Å². The van der Waals surface area contributed by atoms with E-state index in [9.17, 15) is 14.4 Å². The van der Waals surface area contributed by atoms with Crippen LogP contribution in [-0.4, -0.2) is 16.1 Å². The monoisotopic (exact) mass is 417 g/mol. The second-order valence-corrected chi connectivity index (χ2v) is 6.81. The van der Waals surface area contributed by atoms with E-state index in [0.29, 0.717) is 24.5 Å². The molecule has 2 aliphatic rings. The van der Waals surface area contributed by atoms with Gasteiger partial charge in [0.05, 0.1) is 11.6 Å². The Labute approximate surface area is 176 Å². The summed E-state index contributed by atoms with van der Waals surface area (Å²) in [6.45, 7) is 1.33. The van der Waals surface area contributed by atoms with Crippen molar-refractivity contribution < 1.29 is 13.9 Å². The van der Waals surface area contributed by atoms with Gasteiger partial charge in [-0.05, 0) is 35.9 Å². The number of anilines is 1. The molecule has 0 spiro atoms. The number of ether oxygens (including phenoxy) is 2. The number of rotatable bonds is 5. The molecule has 0 saturated carbocycles. The maximum absolute atomic E-state index is 13.6. The van der Waals surface area contributed by atoms with E-state index in [4.69, 9.17) is 14.7 Å². The summed E-state index contributed by atoms with van der Waals surface area (Å²) < 4.78 is 26.5. The molecule has 0 atom stereocenters. The maximum atomic E-state index is 13.6. The molecule has 154 valence electrons. The highest BCUT2D eigenvalue weighted by Gasteiger charge is 2.15. The maximum Gasteiger partial charge on any atom is 0.352 e. The van der Waals surface area contributed by atoms with Gasteiger partial charge in [0.15, 0.2) is 0 Å². The van der Waals surface area contributed by atoms with Crippen molar-refractivity contribution in [3.05, 3.63) is 81.3 Å². The first-order valence-electron chi connectivity index (χ1n) is 9.42. The van der Waals surface area contributed by atoms with E-state index < -0.39 is 5.83 Å². The Kier molecular flexibility index (Phi) is 5.50. The molecule has 0 fully saturated rings. The van der Waals surface area contributed by atoms with Crippen molar-refractivity contribution in [3.63, 3.8) is 0 Å². The van der Waals surface area contributed by atoms with Crippen LogP contribution in [0.1, 0.15) is 17.5 Å². The van der Waals surface area contributed by atoms with Crippen molar-refractivity contribution >= 4 is 5.82 Å². The Morgan fingerprint density at radius 3 is 2.90 bits per heavy atom. The fourth-order valence-electron chi connectivity index (χ4n) is 3.16. The molecule has 0 radical (unpaired) electrons. The lowest BCUT2D eigenvalue weighted by atomic mass is 10.1. The molecule has 2 aromatic rings. The number of aromatic nitrogens is 2. The summed E-state index contributed by atoms with van der Waals surface area (Å²) in [5.74, 6) is 0.911. The zero-order valence-corrected chi connectivity index (χ0v) is 16.3. The Bertz CT molecular complexity index is 1280. The van der Waals surface area contributed by atoms with Crippen LogP contribution in [0, 0.1) is 22.7 Å². The number of benzene rings is 1. The van der Waals surface area contributed by atoms with Gasteiger partial charge in [0.25, 0.3) is 0 Å². The summed E-state index contributed by atoms with van der Waals surface area (Å²) >= 11 is 0. The molecule has 1 aromatic heterocycles. The van der Waals surface area contributed by atoms with Gasteiger partial charge in [-0.15, -0.1) is 0 Å². The van der Waals surface area contributed by atoms with Gasteiger partial charge in [-0.1, -0.05) is 6.07 Å². The van der Waals surface area contributed by atoms with E-state index >= 15 is 0 Å². The van der Waals surface area contributed by atoms with Crippen LogP contribution in [-0.2, 0) is 13.2 Å². The van der Waals surface area contributed by atoms with Gasteiger partial charge in [-0.2, -0.15) is 15.5 Å². The molecule has 1 aliphatic carbocycles. The molecule has 8 nitrogen and oxygen atoms in total. The quantitative estimate of drug-likeness (QED) is 0.795. The van der Waals surface area contributed by atoms with E-state index in [-0.39, 0.29) is 47.2 Å². The normalized spacial score (nSPS) is 14.6. The molecule has 2 heterocycles. The Hall–Kier alpha value is -4.37. The highest BCUT2D eigenvalue weighted by atomic mass is 19.1. The molecule has 1 aromatic carbocycles. The van der Waals surface area contributed by atoms with Gasteiger partial charge in [-0.3, -0.25) is 4.57 Å². The van der Waals surface area contributed by atoms with Crippen LogP contribution in [0.15, 0.2) is 64.4 Å². The lowest BCUT2D eigenvalue weighted by molar-refractivity contribution is 0.291. The number of allylic oxidation sites excluding steroid dienone is 5. The van der Waals surface area contributed by atoms with Crippen LogP contribution >= 0.6 is 0 Å². The fraction of sp³-hybridized carbons (Fsp3) is 0.182. The molecule has 1 aliphatic heterocycles. The number of halogens is 1. The van der Waals surface area contributed by atoms with E-state index in [1.54, 1.807) is 24.3 Å².